The molecule has 2 N–H and O–H groups in total. The predicted molar refractivity (Wildman–Crippen MR) is 72.9 cm³/mol. The van der Waals surface area contributed by atoms with Crippen molar-refractivity contribution in [3.05, 3.63) is 18.2 Å². The highest BCUT2D eigenvalue weighted by atomic mass is 32.2. The van der Waals surface area contributed by atoms with Crippen molar-refractivity contribution >= 4 is 27.3 Å². The van der Waals surface area contributed by atoms with Crippen LogP contribution < -0.4 is 14.8 Å². The van der Waals surface area contributed by atoms with Crippen LogP contribution in [-0.2, 0) is 14.8 Å². The molecule has 104 valence electrons. The Morgan fingerprint density at radius 1 is 1.37 bits per heavy atom. The second-order valence-electron chi connectivity index (χ2n) is 4.78. The number of hydrogen-bond acceptors (Lipinski definition) is 4. The maximum atomic E-state index is 11.8. The maximum absolute atomic E-state index is 11.8. The van der Waals surface area contributed by atoms with Crippen molar-refractivity contribution in [2.75, 3.05) is 15.8 Å². The molecule has 0 atom stereocenters. The van der Waals surface area contributed by atoms with Gasteiger partial charge < -0.3 is 10.1 Å². The summed E-state index contributed by atoms with van der Waals surface area (Å²) in [5.41, 5.74) is -0.0814. The number of nitrogens with one attached hydrogen (secondary N) is 2. The summed E-state index contributed by atoms with van der Waals surface area (Å²) < 4.78 is 30.9. The first-order valence-electron chi connectivity index (χ1n) is 5.88. The molecule has 0 bridgehead atoms. The zero-order valence-electron chi connectivity index (χ0n) is 11.0. The topological polar surface area (TPSA) is 84.5 Å². The minimum Gasteiger partial charge on any atom is -0.476 e. The first-order chi connectivity index (χ1) is 8.73. The van der Waals surface area contributed by atoms with Gasteiger partial charge in [-0.15, -0.1) is 0 Å². The highest BCUT2D eigenvalue weighted by Crippen LogP contribution is 2.35. The highest BCUT2D eigenvalue weighted by Gasteiger charge is 2.35. The van der Waals surface area contributed by atoms with E-state index in [-0.39, 0.29) is 11.7 Å². The zero-order valence-corrected chi connectivity index (χ0v) is 11.8. The number of carbonyl (C=O) groups excluding carboxylic acids is 1. The summed E-state index contributed by atoms with van der Waals surface area (Å²) in [6.07, 6.45) is 0. The predicted octanol–water partition coefficient (Wildman–Crippen LogP) is 1.56. The zero-order chi connectivity index (χ0) is 14.3. The van der Waals surface area contributed by atoms with Gasteiger partial charge in [-0.2, -0.15) is 0 Å². The number of amides is 1. The Balaban J connectivity index is 2.31. The van der Waals surface area contributed by atoms with E-state index in [1.54, 1.807) is 32.9 Å². The molecular weight excluding hydrogens is 268 g/mol. The molecule has 2 rings (SSSR count). The Bertz CT molecular complexity index is 623. The molecule has 0 aliphatic carbocycles. The van der Waals surface area contributed by atoms with E-state index in [0.717, 1.165) is 0 Å². The smallest absolute Gasteiger partial charge is 0.268 e. The van der Waals surface area contributed by atoms with Crippen molar-refractivity contribution in [2.24, 2.45) is 0 Å². The third-order valence-electron chi connectivity index (χ3n) is 2.79. The van der Waals surface area contributed by atoms with E-state index in [4.69, 9.17) is 4.74 Å². The number of anilines is 2. The minimum atomic E-state index is -3.34. The molecule has 1 aromatic rings. The summed E-state index contributed by atoms with van der Waals surface area (Å²) in [7, 11) is -3.34. The fourth-order valence-electron chi connectivity index (χ4n) is 1.63. The molecule has 0 saturated carbocycles. The Morgan fingerprint density at radius 3 is 2.68 bits per heavy atom. The SMILES string of the molecule is CCS(=O)(=O)Nc1ccc2c(c1)NC(=O)C(C)(C)O2. The van der Waals surface area contributed by atoms with E-state index < -0.39 is 15.6 Å². The van der Waals surface area contributed by atoms with Crippen molar-refractivity contribution in [1.82, 2.24) is 0 Å². The van der Waals surface area contributed by atoms with E-state index in [2.05, 4.69) is 10.0 Å². The molecule has 6 nitrogen and oxygen atoms in total. The molecule has 0 radical (unpaired) electrons. The molecule has 0 spiro atoms. The van der Waals surface area contributed by atoms with Gasteiger partial charge in [-0.25, -0.2) is 8.42 Å². The average molecular weight is 284 g/mol. The van der Waals surface area contributed by atoms with Gasteiger partial charge in [0, 0.05) is 0 Å². The quantitative estimate of drug-likeness (QED) is 0.882. The van der Waals surface area contributed by atoms with Crippen LogP contribution in [0.25, 0.3) is 0 Å². The van der Waals surface area contributed by atoms with Crippen LogP contribution in [0.5, 0.6) is 5.75 Å². The van der Waals surface area contributed by atoms with Crippen molar-refractivity contribution in [2.45, 2.75) is 26.4 Å². The molecule has 1 aliphatic heterocycles. The van der Waals surface area contributed by atoms with Gasteiger partial charge in [-0.05, 0) is 39.0 Å². The van der Waals surface area contributed by atoms with E-state index in [0.29, 0.717) is 17.1 Å². The average Bonchev–Trinajstić information content (AvgIpc) is 2.30. The standard InChI is InChI=1S/C12H16N2O4S/c1-4-19(16,17)14-8-5-6-10-9(7-8)13-11(15)12(2,3)18-10/h5-7,14H,4H2,1-3H3,(H,13,15). The van der Waals surface area contributed by atoms with Gasteiger partial charge in [0.25, 0.3) is 5.91 Å². The van der Waals surface area contributed by atoms with E-state index in [1.807, 2.05) is 0 Å². The van der Waals surface area contributed by atoms with Crippen LogP contribution in [-0.4, -0.2) is 25.7 Å². The Hall–Kier alpha value is -1.76. The van der Waals surface area contributed by atoms with Crippen molar-refractivity contribution in [1.29, 1.82) is 0 Å². The minimum absolute atomic E-state index is 0.0139. The van der Waals surface area contributed by atoms with Crippen LogP contribution in [0.15, 0.2) is 18.2 Å². The number of rotatable bonds is 3. The van der Waals surface area contributed by atoms with Crippen LogP contribution in [0, 0.1) is 0 Å². The monoisotopic (exact) mass is 284 g/mol. The number of ether oxygens (including phenoxy) is 1. The van der Waals surface area contributed by atoms with Gasteiger partial charge in [0.15, 0.2) is 5.60 Å². The molecule has 0 saturated heterocycles. The number of hydrogen-bond donors (Lipinski definition) is 2. The first-order valence-corrected chi connectivity index (χ1v) is 7.54. The molecular formula is C12H16N2O4S. The fourth-order valence-corrected chi connectivity index (χ4v) is 2.26. The third kappa shape index (κ3) is 2.81. The Labute approximate surface area is 112 Å². The van der Waals surface area contributed by atoms with Crippen LogP contribution in [0.1, 0.15) is 20.8 Å². The largest absolute Gasteiger partial charge is 0.476 e. The lowest BCUT2D eigenvalue weighted by Gasteiger charge is -2.31. The van der Waals surface area contributed by atoms with E-state index in [9.17, 15) is 13.2 Å². The van der Waals surface area contributed by atoms with Gasteiger partial charge in [-0.1, -0.05) is 0 Å². The van der Waals surface area contributed by atoms with Gasteiger partial charge in [0.05, 0.1) is 17.1 Å². The van der Waals surface area contributed by atoms with Crippen molar-refractivity contribution in [3.63, 3.8) is 0 Å². The Morgan fingerprint density at radius 2 is 2.05 bits per heavy atom. The molecule has 0 aromatic heterocycles. The van der Waals surface area contributed by atoms with Crippen LogP contribution in [0.2, 0.25) is 0 Å². The Kier molecular flexibility index (Phi) is 3.17. The molecule has 7 heteroatoms. The molecule has 0 unspecified atom stereocenters. The third-order valence-corrected chi connectivity index (χ3v) is 4.10. The summed E-state index contributed by atoms with van der Waals surface area (Å²) in [4.78, 5) is 11.8. The molecule has 0 fully saturated rings. The fraction of sp³-hybridized carbons (Fsp3) is 0.417. The van der Waals surface area contributed by atoms with Gasteiger partial charge in [0.1, 0.15) is 5.75 Å². The number of sulfonamides is 1. The highest BCUT2D eigenvalue weighted by molar-refractivity contribution is 7.92. The summed E-state index contributed by atoms with van der Waals surface area (Å²) >= 11 is 0. The van der Waals surface area contributed by atoms with Crippen molar-refractivity contribution in [3.8, 4) is 5.75 Å². The molecule has 1 aliphatic rings. The number of carbonyl (C=O) groups is 1. The molecule has 19 heavy (non-hydrogen) atoms. The second kappa shape index (κ2) is 4.41. The summed E-state index contributed by atoms with van der Waals surface area (Å²) in [5, 5.41) is 2.70. The molecule has 1 aromatic carbocycles. The van der Waals surface area contributed by atoms with Crippen molar-refractivity contribution < 1.29 is 17.9 Å². The first kappa shape index (κ1) is 13.7. The normalized spacial score (nSPS) is 17.1. The molecule has 1 amide bonds. The second-order valence-corrected chi connectivity index (χ2v) is 6.79. The lowest BCUT2D eigenvalue weighted by molar-refractivity contribution is -0.129. The molecule has 1 heterocycles. The van der Waals surface area contributed by atoms with Crippen LogP contribution >= 0.6 is 0 Å². The summed E-state index contributed by atoms with van der Waals surface area (Å²) in [5.74, 6) is 0.236. The summed E-state index contributed by atoms with van der Waals surface area (Å²) in [6, 6.07) is 4.76. The lowest BCUT2D eigenvalue weighted by Crippen LogP contribution is -2.45. The van der Waals surface area contributed by atoms with E-state index >= 15 is 0 Å². The van der Waals surface area contributed by atoms with Gasteiger partial charge in [-0.3, -0.25) is 9.52 Å². The number of fused-ring (bicyclic) bond motifs is 1. The number of benzene rings is 1. The summed E-state index contributed by atoms with van der Waals surface area (Å²) in [6.45, 7) is 4.88. The lowest BCUT2D eigenvalue weighted by atomic mass is 10.1. The maximum Gasteiger partial charge on any atom is 0.268 e. The van der Waals surface area contributed by atoms with E-state index in [1.165, 1.54) is 6.07 Å². The van der Waals surface area contributed by atoms with Crippen LogP contribution in [0.3, 0.4) is 0 Å². The van der Waals surface area contributed by atoms with Gasteiger partial charge >= 0.3 is 0 Å². The van der Waals surface area contributed by atoms with Gasteiger partial charge in [0.2, 0.25) is 10.0 Å². The van der Waals surface area contributed by atoms with Crippen LogP contribution in [0.4, 0.5) is 11.4 Å².